The molecule has 3 aromatic carbocycles. The van der Waals surface area contributed by atoms with Crippen LogP contribution in [0.2, 0.25) is 0 Å². The molecule has 3 N–H and O–H groups in total. The number of hydrogen-bond donors (Lipinski definition) is 3. The van der Waals surface area contributed by atoms with Crippen molar-refractivity contribution in [2.45, 2.75) is 23.2 Å². The van der Waals surface area contributed by atoms with Gasteiger partial charge in [0.2, 0.25) is 0 Å². The minimum atomic E-state index is -2.21. The molecule has 5 rings (SSSR count). The van der Waals surface area contributed by atoms with Crippen LogP contribution in [0.1, 0.15) is 22.6 Å². The first-order chi connectivity index (χ1) is 17.8. The molecule has 0 amide bonds. The van der Waals surface area contributed by atoms with Crippen molar-refractivity contribution >= 4 is 5.97 Å². The van der Waals surface area contributed by atoms with Gasteiger partial charge in [0.15, 0.2) is 22.7 Å². The summed E-state index contributed by atoms with van der Waals surface area (Å²) in [4.78, 5) is 13.2. The van der Waals surface area contributed by atoms with Gasteiger partial charge in [-0.15, -0.1) is 0 Å². The number of phenolic OH excluding ortho intramolecular Hbond substituents is 1. The van der Waals surface area contributed by atoms with Crippen LogP contribution in [0.4, 0.5) is 0 Å². The van der Waals surface area contributed by atoms with Crippen LogP contribution in [0, 0.1) is 5.92 Å². The molecule has 0 aromatic heterocycles. The maximum absolute atomic E-state index is 13.2. The van der Waals surface area contributed by atoms with Crippen LogP contribution in [0.25, 0.3) is 0 Å². The Morgan fingerprint density at radius 2 is 1.62 bits per heavy atom. The molecule has 5 atom stereocenters. The topological polar surface area (TPSA) is 124 Å². The van der Waals surface area contributed by atoms with E-state index >= 15 is 0 Å². The average molecular weight is 509 g/mol. The molecule has 0 bridgehead atoms. The van der Waals surface area contributed by atoms with Crippen molar-refractivity contribution in [2.75, 3.05) is 28.4 Å². The number of aliphatic hydroxyl groups excluding tert-OH is 1. The molecule has 1 aliphatic carbocycles. The molecule has 0 unspecified atom stereocenters. The lowest BCUT2D eigenvalue weighted by Gasteiger charge is -2.40. The van der Waals surface area contributed by atoms with Crippen LogP contribution >= 0.6 is 0 Å². The fraction of sp³-hybridized carbons (Fsp3) is 0.321. The van der Waals surface area contributed by atoms with Crippen LogP contribution in [-0.2, 0) is 20.7 Å². The van der Waals surface area contributed by atoms with Crippen molar-refractivity contribution in [1.82, 2.24) is 0 Å². The first-order valence-electron chi connectivity index (χ1n) is 11.6. The number of aromatic hydroxyl groups is 1. The second kappa shape index (κ2) is 8.86. The number of rotatable bonds is 6. The maximum atomic E-state index is 13.2. The minimum absolute atomic E-state index is 0.158. The molecule has 1 fully saturated rings. The number of hydrogen-bond acceptors (Lipinski definition) is 9. The largest absolute Gasteiger partial charge is 0.504 e. The molecule has 194 valence electrons. The number of esters is 1. The van der Waals surface area contributed by atoms with Gasteiger partial charge in [-0.1, -0.05) is 36.4 Å². The summed E-state index contributed by atoms with van der Waals surface area (Å²) in [5.41, 5.74) is -2.92. The third kappa shape index (κ3) is 3.20. The molecule has 1 heterocycles. The van der Waals surface area contributed by atoms with Crippen LogP contribution in [0.5, 0.6) is 28.7 Å². The molecule has 37 heavy (non-hydrogen) atoms. The molecule has 9 nitrogen and oxygen atoms in total. The SMILES string of the molecule is COC(=O)[C@H]1[C@@H](c2ccccc2)[C@]2(c3ccc(OC)c(O)c3)Oc3cc(OC)cc(OC)c3[C@]2(O)[C@H]1O. The predicted molar refractivity (Wildman–Crippen MR) is 131 cm³/mol. The zero-order chi connectivity index (χ0) is 26.5. The Balaban J connectivity index is 1.90. The zero-order valence-corrected chi connectivity index (χ0v) is 20.8. The van der Waals surface area contributed by atoms with Gasteiger partial charge in [0.1, 0.15) is 23.4 Å². The van der Waals surface area contributed by atoms with Crippen molar-refractivity contribution in [3.05, 3.63) is 77.4 Å². The smallest absolute Gasteiger partial charge is 0.312 e. The highest BCUT2D eigenvalue weighted by molar-refractivity contribution is 5.78. The Labute approximate surface area is 213 Å². The normalized spacial score (nSPS) is 27.6. The van der Waals surface area contributed by atoms with Crippen molar-refractivity contribution in [2.24, 2.45) is 5.92 Å². The Kier molecular flexibility index (Phi) is 5.92. The molecule has 3 aromatic rings. The highest BCUT2D eigenvalue weighted by atomic mass is 16.6. The molecule has 1 saturated carbocycles. The summed E-state index contributed by atoms with van der Waals surface area (Å²) in [7, 11) is 5.55. The summed E-state index contributed by atoms with van der Waals surface area (Å²) >= 11 is 0. The standard InChI is InChI=1S/C28H28O9/c1-33-17-13-20(35-3)24-21(14-17)37-28(16-10-11-19(34-2)18(29)12-16)23(15-8-6-5-7-9-15)22(26(31)36-4)25(30)27(24,28)32/h5-14,22-23,25,29-30,32H,1-4H3/t22-,23+,25-,27-,28-/m0/s1. The quantitative estimate of drug-likeness (QED) is 0.431. The Hall–Kier alpha value is -3.95. The van der Waals surface area contributed by atoms with E-state index in [0.717, 1.165) is 0 Å². The minimum Gasteiger partial charge on any atom is -0.504 e. The number of carbonyl (C=O) groups excluding carboxylic acids is 1. The number of fused-ring (bicyclic) bond motifs is 3. The molecule has 1 aliphatic heterocycles. The first kappa shape index (κ1) is 24.7. The lowest BCUT2D eigenvalue weighted by Crippen LogP contribution is -2.52. The van der Waals surface area contributed by atoms with E-state index in [1.165, 1.54) is 40.6 Å². The van der Waals surface area contributed by atoms with E-state index < -0.39 is 35.1 Å². The number of ether oxygens (including phenoxy) is 5. The van der Waals surface area contributed by atoms with Gasteiger partial charge >= 0.3 is 5.97 Å². The van der Waals surface area contributed by atoms with E-state index in [1.807, 2.05) is 6.07 Å². The highest BCUT2D eigenvalue weighted by Gasteiger charge is 2.78. The monoisotopic (exact) mass is 508 g/mol. The molecule has 0 saturated heterocycles. The molecule has 0 radical (unpaired) electrons. The second-order valence-corrected chi connectivity index (χ2v) is 9.08. The number of aliphatic hydroxyl groups is 2. The number of methoxy groups -OCH3 is 4. The number of phenols is 1. The summed E-state index contributed by atoms with van der Waals surface area (Å²) in [6.45, 7) is 0. The average Bonchev–Trinajstić information content (AvgIpc) is 3.30. The van der Waals surface area contributed by atoms with E-state index in [9.17, 15) is 20.1 Å². The van der Waals surface area contributed by atoms with Gasteiger partial charge in [0.25, 0.3) is 0 Å². The van der Waals surface area contributed by atoms with Crippen molar-refractivity contribution in [1.29, 1.82) is 0 Å². The van der Waals surface area contributed by atoms with Gasteiger partial charge in [-0.05, 0) is 17.7 Å². The Morgan fingerprint density at radius 1 is 0.919 bits per heavy atom. The van der Waals surface area contributed by atoms with Gasteiger partial charge in [0.05, 0.1) is 39.9 Å². The van der Waals surface area contributed by atoms with Gasteiger partial charge in [-0.2, -0.15) is 0 Å². The van der Waals surface area contributed by atoms with Crippen LogP contribution in [0.15, 0.2) is 60.7 Å². The summed E-state index contributed by atoms with van der Waals surface area (Å²) in [5, 5.41) is 35.3. The molecular weight excluding hydrogens is 480 g/mol. The lowest BCUT2D eigenvalue weighted by atomic mass is 9.70. The molecule has 0 spiro atoms. The van der Waals surface area contributed by atoms with E-state index in [0.29, 0.717) is 16.9 Å². The van der Waals surface area contributed by atoms with Gasteiger partial charge in [-0.3, -0.25) is 4.79 Å². The zero-order valence-electron chi connectivity index (χ0n) is 20.8. The van der Waals surface area contributed by atoms with Crippen molar-refractivity contribution in [3.63, 3.8) is 0 Å². The van der Waals surface area contributed by atoms with Gasteiger partial charge < -0.3 is 39.0 Å². The molecule has 2 aliphatic rings. The van der Waals surface area contributed by atoms with Crippen LogP contribution < -0.4 is 18.9 Å². The summed E-state index contributed by atoms with van der Waals surface area (Å²) in [5.74, 6) is -2.09. The van der Waals surface area contributed by atoms with E-state index in [-0.39, 0.29) is 28.6 Å². The second-order valence-electron chi connectivity index (χ2n) is 9.08. The molecular formula is C28H28O9. The molecule has 9 heteroatoms. The number of carbonyl (C=O) groups is 1. The summed E-state index contributed by atoms with van der Waals surface area (Å²) in [6, 6.07) is 16.7. The number of benzene rings is 3. The summed E-state index contributed by atoms with van der Waals surface area (Å²) in [6.07, 6.45) is -1.68. The summed E-state index contributed by atoms with van der Waals surface area (Å²) < 4.78 is 28.0. The van der Waals surface area contributed by atoms with Crippen molar-refractivity contribution < 1.29 is 43.8 Å². The highest BCUT2D eigenvalue weighted by Crippen LogP contribution is 2.70. The van der Waals surface area contributed by atoms with Gasteiger partial charge in [-0.25, -0.2) is 0 Å². The van der Waals surface area contributed by atoms with Crippen molar-refractivity contribution in [3.8, 4) is 28.7 Å². The maximum Gasteiger partial charge on any atom is 0.312 e. The Morgan fingerprint density at radius 3 is 2.22 bits per heavy atom. The predicted octanol–water partition coefficient (Wildman–Crippen LogP) is 2.84. The van der Waals surface area contributed by atoms with Crippen LogP contribution in [0.3, 0.4) is 0 Å². The van der Waals surface area contributed by atoms with Gasteiger partial charge in [0, 0.05) is 23.6 Å². The fourth-order valence-corrected chi connectivity index (χ4v) is 5.98. The van der Waals surface area contributed by atoms with E-state index in [1.54, 1.807) is 42.5 Å². The third-order valence-electron chi connectivity index (χ3n) is 7.52. The lowest BCUT2D eigenvalue weighted by molar-refractivity contribution is -0.161. The third-order valence-corrected chi connectivity index (χ3v) is 7.52. The van der Waals surface area contributed by atoms with E-state index in [4.69, 9.17) is 23.7 Å². The fourth-order valence-electron chi connectivity index (χ4n) is 5.98. The van der Waals surface area contributed by atoms with E-state index in [2.05, 4.69) is 0 Å². The Bertz CT molecular complexity index is 1340. The van der Waals surface area contributed by atoms with Crippen LogP contribution in [-0.4, -0.2) is 55.8 Å². The first-order valence-corrected chi connectivity index (χ1v) is 11.6.